The molecule has 1 amide bonds. The minimum atomic E-state index is -0.544. The van der Waals surface area contributed by atoms with Gasteiger partial charge in [0, 0.05) is 25.5 Å². The lowest BCUT2D eigenvalue weighted by molar-refractivity contribution is 0.0989. The summed E-state index contributed by atoms with van der Waals surface area (Å²) in [4.78, 5) is 44.5. The van der Waals surface area contributed by atoms with Gasteiger partial charge in [0.25, 0.3) is 11.5 Å². The van der Waals surface area contributed by atoms with Gasteiger partial charge < -0.3 is 4.90 Å². The number of aromatic amines is 1. The van der Waals surface area contributed by atoms with Crippen LogP contribution in [0.1, 0.15) is 15.9 Å². The molecule has 7 nitrogen and oxygen atoms in total. The van der Waals surface area contributed by atoms with E-state index in [0.717, 1.165) is 17.7 Å². The van der Waals surface area contributed by atoms with Crippen molar-refractivity contribution in [2.75, 3.05) is 11.4 Å². The van der Waals surface area contributed by atoms with Gasteiger partial charge in [-0.2, -0.15) is 0 Å². The monoisotopic (exact) mass is 322 g/mol. The van der Waals surface area contributed by atoms with Crippen molar-refractivity contribution in [1.82, 2.24) is 14.5 Å². The van der Waals surface area contributed by atoms with Crippen LogP contribution in [0.25, 0.3) is 11.0 Å². The summed E-state index contributed by atoms with van der Waals surface area (Å²) in [6.45, 7) is 0.597. The Morgan fingerprint density at radius 1 is 1.25 bits per heavy atom. The molecule has 0 unspecified atom stereocenters. The van der Waals surface area contributed by atoms with Crippen LogP contribution in [0.4, 0.5) is 5.69 Å². The van der Waals surface area contributed by atoms with E-state index in [1.807, 2.05) is 24.3 Å². The Morgan fingerprint density at radius 3 is 2.88 bits per heavy atom. The first-order chi connectivity index (χ1) is 11.6. The Hall–Kier alpha value is -3.22. The van der Waals surface area contributed by atoms with Crippen LogP contribution in [-0.4, -0.2) is 27.0 Å². The Bertz CT molecular complexity index is 1100. The largest absolute Gasteiger partial charge is 0.329 e. The van der Waals surface area contributed by atoms with E-state index < -0.39 is 11.2 Å². The SMILES string of the molecule is Cn1c(=O)[nH]c(=O)c2cc(C(=O)N3CCc4ccccc43)cnc21. The Kier molecular flexibility index (Phi) is 3.09. The van der Waals surface area contributed by atoms with Crippen molar-refractivity contribution in [3.05, 3.63) is 68.5 Å². The molecule has 0 saturated carbocycles. The van der Waals surface area contributed by atoms with Crippen LogP contribution < -0.4 is 16.1 Å². The first kappa shape index (κ1) is 14.4. The summed E-state index contributed by atoms with van der Waals surface area (Å²) in [5.74, 6) is -0.206. The standard InChI is InChI=1S/C17H14N4O3/c1-20-14-12(15(22)19-17(20)24)8-11(9-18-14)16(23)21-7-6-10-4-2-3-5-13(10)21/h2-5,8-9H,6-7H2,1H3,(H,19,22,24). The molecule has 0 radical (unpaired) electrons. The van der Waals surface area contributed by atoms with E-state index in [-0.39, 0.29) is 16.9 Å². The molecule has 1 aliphatic rings. The topological polar surface area (TPSA) is 88.1 Å². The number of hydrogen-bond acceptors (Lipinski definition) is 4. The molecule has 0 atom stereocenters. The molecule has 120 valence electrons. The predicted octanol–water partition coefficient (Wildman–Crippen LogP) is 0.825. The summed E-state index contributed by atoms with van der Waals surface area (Å²) < 4.78 is 1.25. The van der Waals surface area contributed by atoms with E-state index in [0.29, 0.717) is 12.1 Å². The molecule has 0 fully saturated rings. The lowest BCUT2D eigenvalue weighted by Gasteiger charge is -2.17. The van der Waals surface area contributed by atoms with Crippen LogP contribution in [0.2, 0.25) is 0 Å². The molecule has 4 rings (SSSR count). The second kappa shape index (κ2) is 5.16. The van der Waals surface area contributed by atoms with Gasteiger partial charge in [-0.3, -0.25) is 19.1 Å². The van der Waals surface area contributed by atoms with Crippen molar-refractivity contribution in [3.63, 3.8) is 0 Å². The van der Waals surface area contributed by atoms with Crippen molar-refractivity contribution in [3.8, 4) is 0 Å². The van der Waals surface area contributed by atoms with Crippen molar-refractivity contribution < 1.29 is 4.79 Å². The van der Waals surface area contributed by atoms with E-state index >= 15 is 0 Å². The van der Waals surface area contributed by atoms with Crippen LogP contribution in [0.15, 0.2) is 46.1 Å². The first-order valence-corrected chi connectivity index (χ1v) is 7.55. The summed E-state index contributed by atoms with van der Waals surface area (Å²) in [6.07, 6.45) is 2.21. The summed E-state index contributed by atoms with van der Waals surface area (Å²) in [7, 11) is 1.52. The average molecular weight is 322 g/mol. The number of aryl methyl sites for hydroxylation is 1. The number of carbonyl (C=O) groups is 1. The third-order valence-electron chi connectivity index (χ3n) is 4.33. The zero-order valence-corrected chi connectivity index (χ0v) is 12.9. The maximum atomic E-state index is 12.8. The van der Waals surface area contributed by atoms with Gasteiger partial charge in [0.15, 0.2) is 0 Å². The molecule has 2 aromatic heterocycles. The van der Waals surface area contributed by atoms with Crippen LogP contribution in [0, 0.1) is 0 Å². The fraction of sp³-hybridized carbons (Fsp3) is 0.176. The highest BCUT2D eigenvalue weighted by molar-refractivity contribution is 6.08. The number of anilines is 1. The number of aromatic nitrogens is 3. The van der Waals surface area contributed by atoms with E-state index in [1.165, 1.54) is 23.9 Å². The molecule has 1 aromatic carbocycles. The van der Waals surface area contributed by atoms with Gasteiger partial charge in [0.2, 0.25) is 0 Å². The van der Waals surface area contributed by atoms with Crippen LogP contribution >= 0.6 is 0 Å². The fourth-order valence-electron chi connectivity index (χ4n) is 3.06. The van der Waals surface area contributed by atoms with Crippen molar-refractivity contribution in [1.29, 1.82) is 0 Å². The van der Waals surface area contributed by atoms with Crippen molar-refractivity contribution in [2.24, 2.45) is 7.05 Å². The van der Waals surface area contributed by atoms with Crippen molar-refractivity contribution in [2.45, 2.75) is 6.42 Å². The van der Waals surface area contributed by atoms with Crippen molar-refractivity contribution >= 4 is 22.6 Å². The van der Waals surface area contributed by atoms with Crippen LogP contribution in [0.3, 0.4) is 0 Å². The van der Waals surface area contributed by atoms with E-state index in [2.05, 4.69) is 9.97 Å². The molecule has 24 heavy (non-hydrogen) atoms. The third-order valence-corrected chi connectivity index (χ3v) is 4.33. The predicted molar refractivity (Wildman–Crippen MR) is 89.4 cm³/mol. The van der Waals surface area contributed by atoms with Gasteiger partial charge in [-0.15, -0.1) is 0 Å². The molecule has 7 heteroatoms. The number of nitrogens with zero attached hydrogens (tertiary/aromatic N) is 3. The molecule has 1 N–H and O–H groups in total. The number of amides is 1. The first-order valence-electron chi connectivity index (χ1n) is 7.55. The van der Waals surface area contributed by atoms with Crippen LogP contribution in [0.5, 0.6) is 0 Å². The molecule has 0 spiro atoms. The van der Waals surface area contributed by atoms with Crippen LogP contribution in [-0.2, 0) is 13.5 Å². The minimum Gasteiger partial charge on any atom is -0.308 e. The van der Waals surface area contributed by atoms with Gasteiger partial charge >= 0.3 is 5.69 Å². The van der Waals surface area contributed by atoms with Gasteiger partial charge in [-0.05, 0) is 24.1 Å². The number of H-pyrrole nitrogens is 1. The highest BCUT2D eigenvalue weighted by Gasteiger charge is 2.25. The van der Waals surface area contributed by atoms with Gasteiger partial charge in [-0.25, -0.2) is 9.78 Å². The smallest absolute Gasteiger partial charge is 0.308 e. The number of benzene rings is 1. The molecular weight excluding hydrogens is 308 g/mol. The molecule has 0 aliphatic carbocycles. The molecule has 3 aromatic rings. The molecule has 3 heterocycles. The zero-order valence-electron chi connectivity index (χ0n) is 12.9. The quantitative estimate of drug-likeness (QED) is 0.718. The summed E-state index contributed by atoms with van der Waals surface area (Å²) in [6, 6.07) is 9.24. The number of fused-ring (bicyclic) bond motifs is 2. The highest BCUT2D eigenvalue weighted by Crippen LogP contribution is 2.28. The summed E-state index contributed by atoms with van der Waals surface area (Å²) >= 11 is 0. The normalized spacial score (nSPS) is 13.3. The molecule has 0 bridgehead atoms. The highest BCUT2D eigenvalue weighted by atomic mass is 16.2. The van der Waals surface area contributed by atoms with Gasteiger partial charge in [0.05, 0.1) is 10.9 Å². The summed E-state index contributed by atoms with van der Waals surface area (Å²) in [5.41, 5.74) is 1.51. The number of carbonyl (C=O) groups excluding carboxylic acids is 1. The van der Waals surface area contributed by atoms with E-state index in [9.17, 15) is 14.4 Å². The lowest BCUT2D eigenvalue weighted by Crippen LogP contribution is -2.31. The Labute approximate surface area is 136 Å². The number of pyridine rings is 1. The van der Waals surface area contributed by atoms with E-state index in [1.54, 1.807) is 4.90 Å². The van der Waals surface area contributed by atoms with E-state index in [4.69, 9.17) is 0 Å². The number of hydrogen-bond donors (Lipinski definition) is 1. The average Bonchev–Trinajstić information content (AvgIpc) is 3.03. The van der Waals surface area contributed by atoms with Gasteiger partial charge in [0.1, 0.15) is 5.65 Å². The molecular formula is C17H14N4O3. The minimum absolute atomic E-state index is 0.206. The Balaban J connectivity index is 1.82. The zero-order chi connectivity index (χ0) is 16.8. The third kappa shape index (κ3) is 2.05. The molecule has 1 aliphatic heterocycles. The number of nitrogens with one attached hydrogen (secondary N) is 1. The molecule has 0 saturated heterocycles. The maximum Gasteiger partial charge on any atom is 0.329 e. The fourth-order valence-corrected chi connectivity index (χ4v) is 3.06. The van der Waals surface area contributed by atoms with Gasteiger partial charge in [-0.1, -0.05) is 18.2 Å². The lowest BCUT2D eigenvalue weighted by atomic mass is 10.1. The summed E-state index contributed by atoms with van der Waals surface area (Å²) in [5, 5.41) is 0.218. The second-order valence-electron chi connectivity index (χ2n) is 5.75. The number of rotatable bonds is 1. The number of para-hydroxylation sites is 1. The second-order valence-corrected chi connectivity index (χ2v) is 5.75. The Morgan fingerprint density at radius 2 is 2.04 bits per heavy atom. The maximum absolute atomic E-state index is 12.8.